The highest BCUT2D eigenvalue weighted by molar-refractivity contribution is 7.92. The highest BCUT2D eigenvalue weighted by atomic mass is 32.2. The van der Waals surface area contributed by atoms with Gasteiger partial charge in [-0.3, -0.25) is 10.1 Å². The Morgan fingerprint density at radius 1 is 1.29 bits per heavy atom. The molecule has 1 fully saturated rings. The summed E-state index contributed by atoms with van der Waals surface area (Å²) in [5.41, 5.74) is 1.84. The van der Waals surface area contributed by atoms with Gasteiger partial charge >= 0.3 is 0 Å². The number of thiazole rings is 1. The van der Waals surface area contributed by atoms with Crippen LogP contribution in [0, 0.1) is 13.8 Å². The van der Waals surface area contributed by atoms with E-state index >= 15 is 0 Å². The molecule has 0 spiro atoms. The molecule has 1 saturated carbocycles. The van der Waals surface area contributed by atoms with Gasteiger partial charge < -0.3 is 9.36 Å². The minimum absolute atomic E-state index is 0.00247. The van der Waals surface area contributed by atoms with Gasteiger partial charge in [-0.2, -0.15) is 0 Å². The molecule has 2 aromatic heterocycles. The van der Waals surface area contributed by atoms with Crippen molar-refractivity contribution in [3.8, 4) is 0 Å². The number of hydrogen-bond acceptors (Lipinski definition) is 9. The minimum Gasteiger partial charge on any atom is -0.390 e. The zero-order valence-electron chi connectivity index (χ0n) is 16.9. The second kappa shape index (κ2) is 8.60. The first-order valence-electron chi connectivity index (χ1n) is 9.53. The lowest BCUT2D eigenvalue weighted by molar-refractivity contribution is -0.110. The Labute approximate surface area is 183 Å². The third-order valence-corrected chi connectivity index (χ3v) is 7.80. The quantitative estimate of drug-likeness (QED) is 0.404. The van der Waals surface area contributed by atoms with Gasteiger partial charge in [-0.25, -0.2) is 13.4 Å². The molecule has 11 heteroatoms. The Hall–Kier alpha value is -3.05. The Bertz CT molecular complexity index is 1190. The van der Waals surface area contributed by atoms with Crippen molar-refractivity contribution in [2.75, 3.05) is 5.32 Å². The average Bonchev–Trinajstić information content (AvgIpc) is 3.42. The number of hydrogen-bond donors (Lipinski definition) is 1. The van der Waals surface area contributed by atoms with Crippen LogP contribution < -0.4 is 5.32 Å². The molecular weight excluding hydrogens is 440 g/mol. The minimum atomic E-state index is -3.32. The lowest BCUT2D eigenvalue weighted by Gasteiger charge is -2.08. The van der Waals surface area contributed by atoms with E-state index in [-0.39, 0.29) is 22.5 Å². The predicted molar refractivity (Wildman–Crippen MR) is 115 cm³/mol. The number of sulfone groups is 1. The molecule has 3 aromatic rings. The molecule has 4 rings (SSSR count). The van der Waals surface area contributed by atoms with Crippen molar-refractivity contribution in [2.45, 2.75) is 43.4 Å². The fourth-order valence-electron chi connectivity index (χ4n) is 2.91. The number of amides is 1. The largest absolute Gasteiger partial charge is 0.390 e. The summed E-state index contributed by atoms with van der Waals surface area (Å²) in [5, 5.41) is 12.4. The molecule has 1 amide bonds. The third kappa shape index (κ3) is 4.67. The summed E-state index contributed by atoms with van der Waals surface area (Å²) in [4.78, 5) is 22.5. The number of oxime groups is 1. The van der Waals surface area contributed by atoms with E-state index in [1.165, 1.54) is 23.5 Å². The summed E-state index contributed by atoms with van der Waals surface area (Å²) in [6.45, 7) is 3.62. The molecule has 9 nitrogen and oxygen atoms in total. The lowest BCUT2D eigenvalue weighted by Crippen LogP contribution is -2.24. The van der Waals surface area contributed by atoms with Crippen molar-refractivity contribution in [1.82, 2.24) is 10.1 Å². The fraction of sp³-hybridized carbons (Fsp3) is 0.300. The molecule has 1 aromatic carbocycles. The van der Waals surface area contributed by atoms with Crippen LogP contribution in [-0.2, 0) is 26.1 Å². The molecule has 0 saturated heterocycles. The van der Waals surface area contributed by atoms with Crippen LogP contribution in [0.1, 0.15) is 35.4 Å². The Morgan fingerprint density at radius 3 is 2.61 bits per heavy atom. The summed E-state index contributed by atoms with van der Waals surface area (Å²) < 4.78 is 30.0. The number of carbonyl (C=O) groups excluding carboxylic acids is 1. The highest BCUT2D eigenvalue weighted by Crippen LogP contribution is 2.33. The first-order valence-corrected chi connectivity index (χ1v) is 12.0. The standard InChI is InChI=1S/C20H20N4O5S2/c1-12-17(13(2)29-23-12)11-28-24-18(19(25)22-20-21-9-10-30-20)14-3-5-15(6-4-14)31(26,27)16-7-8-16/h3-6,9-10,16H,7-8,11H2,1-2H3,(H,21,22,25)/b24-18+. The number of nitrogens with one attached hydrogen (secondary N) is 1. The molecule has 2 heterocycles. The van der Waals surface area contributed by atoms with E-state index in [4.69, 9.17) is 9.36 Å². The molecule has 0 atom stereocenters. The van der Waals surface area contributed by atoms with E-state index < -0.39 is 15.7 Å². The predicted octanol–water partition coefficient (Wildman–Crippen LogP) is 3.24. The zero-order valence-corrected chi connectivity index (χ0v) is 18.5. The van der Waals surface area contributed by atoms with Gasteiger partial charge in [0.2, 0.25) is 0 Å². The molecule has 0 unspecified atom stereocenters. The van der Waals surface area contributed by atoms with Gasteiger partial charge in [0.05, 0.1) is 21.4 Å². The Morgan fingerprint density at radius 2 is 2.03 bits per heavy atom. The first kappa shape index (κ1) is 21.2. The maximum absolute atomic E-state index is 12.8. The van der Waals surface area contributed by atoms with E-state index in [0.29, 0.717) is 35.0 Å². The number of nitrogens with zero attached hydrogens (tertiary/aromatic N) is 3. The second-order valence-electron chi connectivity index (χ2n) is 7.08. The van der Waals surface area contributed by atoms with Crippen molar-refractivity contribution in [2.24, 2.45) is 5.16 Å². The summed E-state index contributed by atoms with van der Waals surface area (Å²) in [6, 6.07) is 6.08. The van der Waals surface area contributed by atoms with Crippen LogP contribution in [0.4, 0.5) is 5.13 Å². The van der Waals surface area contributed by atoms with Gasteiger partial charge in [-0.1, -0.05) is 22.4 Å². The van der Waals surface area contributed by atoms with E-state index in [1.807, 2.05) is 0 Å². The molecule has 162 valence electrons. The van der Waals surface area contributed by atoms with Crippen molar-refractivity contribution in [3.05, 3.63) is 58.4 Å². The van der Waals surface area contributed by atoms with Crippen molar-refractivity contribution >= 4 is 37.9 Å². The maximum Gasteiger partial charge on any atom is 0.280 e. The maximum atomic E-state index is 12.8. The van der Waals surface area contributed by atoms with Crippen molar-refractivity contribution in [3.63, 3.8) is 0 Å². The van der Waals surface area contributed by atoms with Gasteiger partial charge in [0.1, 0.15) is 12.4 Å². The van der Waals surface area contributed by atoms with E-state index in [9.17, 15) is 13.2 Å². The molecule has 0 radical (unpaired) electrons. The van der Waals surface area contributed by atoms with Gasteiger partial charge in [-0.05, 0) is 38.8 Å². The van der Waals surface area contributed by atoms with Gasteiger partial charge in [0, 0.05) is 17.1 Å². The van der Waals surface area contributed by atoms with Crippen LogP contribution >= 0.6 is 11.3 Å². The lowest BCUT2D eigenvalue weighted by atomic mass is 10.1. The highest BCUT2D eigenvalue weighted by Gasteiger charge is 2.36. The smallest absolute Gasteiger partial charge is 0.280 e. The van der Waals surface area contributed by atoms with Crippen molar-refractivity contribution < 1.29 is 22.6 Å². The fourth-order valence-corrected chi connectivity index (χ4v) is 5.09. The Balaban J connectivity index is 1.59. The van der Waals surface area contributed by atoms with E-state index in [0.717, 1.165) is 5.56 Å². The molecule has 0 aliphatic heterocycles. The van der Waals surface area contributed by atoms with E-state index in [2.05, 4.69) is 20.6 Å². The number of benzene rings is 1. The number of aryl methyl sites for hydroxylation is 2. The number of rotatable bonds is 8. The van der Waals surface area contributed by atoms with E-state index in [1.54, 1.807) is 37.6 Å². The van der Waals surface area contributed by atoms with Crippen LogP contribution in [0.5, 0.6) is 0 Å². The summed E-state index contributed by atoms with van der Waals surface area (Å²) in [7, 11) is -3.32. The molecule has 1 aliphatic rings. The van der Waals surface area contributed by atoms with Crippen LogP contribution in [0.15, 0.2) is 50.4 Å². The SMILES string of the molecule is Cc1noc(C)c1CO/N=C(/C(=O)Nc1nccs1)c1ccc(S(=O)(=O)C2CC2)cc1. The van der Waals surface area contributed by atoms with Crippen LogP contribution in [0.3, 0.4) is 0 Å². The summed E-state index contributed by atoms with van der Waals surface area (Å²) in [6.07, 6.45) is 2.94. The summed E-state index contributed by atoms with van der Waals surface area (Å²) in [5.74, 6) is 0.0858. The molecule has 1 N–H and O–H groups in total. The van der Waals surface area contributed by atoms with Crippen molar-refractivity contribution in [1.29, 1.82) is 0 Å². The molecular formula is C20H20N4O5S2. The van der Waals surface area contributed by atoms with Gasteiger partial charge in [0.15, 0.2) is 20.7 Å². The Kier molecular flexibility index (Phi) is 5.88. The van der Waals surface area contributed by atoms with Crippen LogP contribution in [0.25, 0.3) is 0 Å². The van der Waals surface area contributed by atoms with Gasteiger partial charge in [0.25, 0.3) is 5.91 Å². The molecule has 31 heavy (non-hydrogen) atoms. The third-order valence-electron chi connectivity index (χ3n) is 4.83. The number of aromatic nitrogens is 2. The summed E-state index contributed by atoms with van der Waals surface area (Å²) >= 11 is 1.27. The first-order chi connectivity index (χ1) is 14.9. The van der Waals surface area contributed by atoms with Gasteiger partial charge in [-0.15, -0.1) is 11.3 Å². The molecule has 0 bridgehead atoms. The topological polar surface area (TPSA) is 124 Å². The average molecular weight is 461 g/mol. The van der Waals surface area contributed by atoms with Crippen LogP contribution in [-0.4, -0.2) is 35.4 Å². The number of anilines is 1. The molecule has 1 aliphatic carbocycles. The zero-order chi connectivity index (χ0) is 22.0. The normalized spacial score (nSPS) is 14.5. The van der Waals surface area contributed by atoms with Crippen LogP contribution in [0.2, 0.25) is 0 Å². The number of carbonyl (C=O) groups is 1. The second-order valence-corrected chi connectivity index (χ2v) is 10.2. The monoisotopic (exact) mass is 460 g/mol.